The summed E-state index contributed by atoms with van der Waals surface area (Å²) in [6.45, 7) is 2.88. The molecule has 2 aromatic heterocycles. The number of carbonyl (C=O) groups is 1. The largest absolute Gasteiger partial charge is 0.481 e. The van der Waals surface area contributed by atoms with Crippen LogP contribution >= 0.6 is 22.7 Å². The Bertz CT molecular complexity index is 852. The fraction of sp³-hybridized carbons (Fsp3) is 0.438. The molecule has 0 spiro atoms. The van der Waals surface area contributed by atoms with Gasteiger partial charge in [0.25, 0.3) is 0 Å². The molecule has 1 aliphatic rings. The topological polar surface area (TPSA) is 83.5 Å². The van der Waals surface area contributed by atoms with Crippen LogP contribution in [0.15, 0.2) is 23.6 Å². The minimum Gasteiger partial charge on any atom is -0.481 e. The lowest BCUT2D eigenvalue weighted by atomic mass is 9.98. The van der Waals surface area contributed by atoms with Crippen LogP contribution in [0.1, 0.15) is 23.3 Å². The van der Waals surface area contributed by atoms with Crippen molar-refractivity contribution in [1.82, 2.24) is 5.32 Å². The predicted octanol–water partition coefficient (Wildman–Crippen LogP) is 2.86. The number of aliphatic carboxylic acids is 1. The molecule has 8 heteroatoms. The number of sulfone groups is 1. The molecular weight excluding hydrogens is 366 g/mol. The standard InChI is InChI=1S/C16H19NO4S3/c1-11-8-13(22-10-11)12-2-3-14(23-12)16(9-15(18)19)4-5-17-6-7-24(16,20)21/h2-3,8,10,17H,4-7,9H2,1H3,(H,18,19). The van der Waals surface area contributed by atoms with Crippen LogP contribution in [0.25, 0.3) is 9.75 Å². The summed E-state index contributed by atoms with van der Waals surface area (Å²) < 4.78 is 24.5. The van der Waals surface area contributed by atoms with E-state index >= 15 is 0 Å². The Kier molecular flexibility index (Phi) is 4.83. The second kappa shape index (κ2) is 6.59. The van der Waals surface area contributed by atoms with E-state index in [0.29, 0.717) is 18.0 Å². The van der Waals surface area contributed by atoms with E-state index in [4.69, 9.17) is 0 Å². The van der Waals surface area contributed by atoms with Gasteiger partial charge in [-0.1, -0.05) is 0 Å². The quantitative estimate of drug-likeness (QED) is 0.845. The first kappa shape index (κ1) is 17.6. The molecule has 5 nitrogen and oxygen atoms in total. The molecule has 0 saturated carbocycles. The Hall–Kier alpha value is -1.22. The molecule has 2 N–H and O–H groups in total. The fourth-order valence-corrected chi connectivity index (χ4v) is 7.61. The molecule has 2 aromatic rings. The van der Waals surface area contributed by atoms with Gasteiger partial charge in [-0.3, -0.25) is 4.79 Å². The zero-order chi connectivity index (χ0) is 17.4. The molecule has 0 radical (unpaired) electrons. The number of hydrogen-bond acceptors (Lipinski definition) is 6. The summed E-state index contributed by atoms with van der Waals surface area (Å²) in [5.74, 6) is -1.12. The summed E-state index contributed by atoms with van der Waals surface area (Å²) in [4.78, 5) is 14.2. The number of hydrogen-bond donors (Lipinski definition) is 2. The number of carboxylic acids is 1. The van der Waals surface area contributed by atoms with E-state index in [2.05, 4.69) is 11.4 Å². The van der Waals surface area contributed by atoms with Gasteiger partial charge >= 0.3 is 5.97 Å². The third kappa shape index (κ3) is 3.15. The molecule has 130 valence electrons. The Morgan fingerprint density at radius 3 is 2.79 bits per heavy atom. The highest BCUT2D eigenvalue weighted by molar-refractivity contribution is 7.92. The van der Waals surface area contributed by atoms with Crippen LogP contribution in [0.4, 0.5) is 0 Å². The first-order chi connectivity index (χ1) is 11.3. The van der Waals surface area contributed by atoms with E-state index in [1.165, 1.54) is 11.3 Å². The van der Waals surface area contributed by atoms with Gasteiger partial charge in [0.15, 0.2) is 9.84 Å². The van der Waals surface area contributed by atoms with E-state index in [-0.39, 0.29) is 18.6 Å². The summed E-state index contributed by atoms with van der Waals surface area (Å²) in [5, 5.41) is 14.5. The van der Waals surface area contributed by atoms with Crippen LogP contribution in [-0.2, 0) is 19.4 Å². The van der Waals surface area contributed by atoms with Gasteiger partial charge < -0.3 is 10.4 Å². The molecular formula is C16H19NO4S3. The smallest absolute Gasteiger partial charge is 0.305 e. The number of carboxylic acid groups (broad SMARTS) is 1. The molecule has 1 fully saturated rings. The Labute approximate surface area is 149 Å². The normalized spacial score (nSPS) is 23.7. The van der Waals surface area contributed by atoms with Gasteiger partial charge in [0.1, 0.15) is 4.75 Å². The monoisotopic (exact) mass is 385 g/mol. The maximum Gasteiger partial charge on any atom is 0.305 e. The van der Waals surface area contributed by atoms with Gasteiger partial charge in [-0.2, -0.15) is 0 Å². The van der Waals surface area contributed by atoms with Crippen molar-refractivity contribution < 1.29 is 18.3 Å². The van der Waals surface area contributed by atoms with E-state index in [0.717, 1.165) is 15.3 Å². The van der Waals surface area contributed by atoms with Crippen LogP contribution in [-0.4, -0.2) is 38.3 Å². The minimum atomic E-state index is -3.56. The van der Waals surface area contributed by atoms with Gasteiger partial charge in [-0.05, 0) is 49.0 Å². The van der Waals surface area contributed by atoms with Gasteiger partial charge in [-0.25, -0.2) is 8.42 Å². The lowest BCUT2D eigenvalue weighted by Gasteiger charge is -2.29. The Morgan fingerprint density at radius 2 is 2.12 bits per heavy atom. The molecule has 0 bridgehead atoms. The highest BCUT2D eigenvalue weighted by atomic mass is 32.2. The molecule has 24 heavy (non-hydrogen) atoms. The molecule has 3 rings (SSSR count). The maximum absolute atomic E-state index is 12.9. The average Bonchev–Trinajstić information content (AvgIpc) is 3.10. The summed E-state index contributed by atoms with van der Waals surface area (Å²) >= 11 is 3.01. The molecule has 1 saturated heterocycles. The van der Waals surface area contributed by atoms with Crippen LogP contribution in [0.3, 0.4) is 0 Å². The summed E-state index contributed by atoms with van der Waals surface area (Å²) in [6.07, 6.45) is -0.106. The zero-order valence-corrected chi connectivity index (χ0v) is 15.7. The first-order valence-electron chi connectivity index (χ1n) is 7.65. The first-order valence-corrected chi connectivity index (χ1v) is 11.0. The zero-order valence-electron chi connectivity index (χ0n) is 13.2. The second-order valence-electron chi connectivity index (χ2n) is 6.04. The van der Waals surface area contributed by atoms with Crippen molar-refractivity contribution in [3.63, 3.8) is 0 Å². The van der Waals surface area contributed by atoms with Gasteiger partial charge in [0, 0.05) is 21.2 Å². The highest BCUT2D eigenvalue weighted by Gasteiger charge is 2.48. The maximum atomic E-state index is 12.9. The van der Waals surface area contributed by atoms with Crippen molar-refractivity contribution >= 4 is 38.5 Å². The van der Waals surface area contributed by atoms with Gasteiger partial charge in [0.05, 0.1) is 12.2 Å². The molecule has 3 heterocycles. The molecule has 1 unspecified atom stereocenters. The Morgan fingerprint density at radius 1 is 1.33 bits per heavy atom. The third-order valence-corrected chi connectivity index (χ3v) is 9.48. The van der Waals surface area contributed by atoms with Crippen LogP contribution in [0.2, 0.25) is 0 Å². The van der Waals surface area contributed by atoms with Crippen LogP contribution < -0.4 is 5.32 Å². The number of thiophene rings is 2. The molecule has 1 aliphatic heterocycles. The number of rotatable bonds is 4. The van der Waals surface area contributed by atoms with Crippen molar-refractivity contribution in [2.24, 2.45) is 0 Å². The number of aryl methyl sites for hydroxylation is 1. The Balaban J connectivity index is 2.09. The second-order valence-corrected chi connectivity index (χ2v) is 10.5. The number of nitrogens with one attached hydrogen (secondary N) is 1. The molecule has 0 aromatic carbocycles. The van der Waals surface area contributed by atoms with Crippen molar-refractivity contribution in [2.75, 3.05) is 18.8 Å². The van der Waals surface area contributed by atoms with Crippen LogP contribution in [0.5, 0.6) is 0 Å². The summed E-state index contributed by atoms with van der Waals surface area (Å²) in [6, 6.07) is 5.76. The minimum absolute atomic E-state index is 0.0361. The van der Waals surface area contributed by atoms with E-state index in [1.54, 1.807) is 17.4 Å². The van der Waals surface area contributed by atoms with Crippen molar-refractivity contribution in [2.45, 2.75) is 24.5 Å². The lowest BCUT2D eigenvalue weighted by molar-refractivity contribution is -0.137. The average molecular weight is 386 g/mol. The van der Waals surface area contributed by atoms with Crippen molar-refractivity contribution in [3.05, 3.63) is 34.0 Å². The molecule has 0 aliphatic carbocycles. The third-order valence-electron chi connectivity index (χ3n) is 4.31. The summed E-state index contributed by atoms with van der Waals surface area (Å²) in [5.41, 5.74) is 1.16. The SMILES string of the molecule is Cc1csc(-c2ccc(C3(CC(=O)O)CCNCCS3(=O)=O)s2)c1. The predicted molar refractivity (Wildman–Crippen MR) is 97.6 cm³/mol. The van der Waals surface area contributed by atoms with Gasteiger partial charge in [-0.15, -0.1) is 22.7 Å². The van der Waals surface area contributed by atoms with E-state index in [9.17, 15) is 18.3 Å². The molecule has 1 atom stereocenters. The van der Waals surface area contributed by atoms with Crippen molar-refractivity contribution in [3.8, 4) is 9.75 Å². The lowest BCUT2D eigenvalue weighted by Crippen LogP contribution is -2.39. The van der Waals surface area contributed by atoms with Crippen molar-refractivity contribution in [1.29, 1.82) is 0 Å². The van der Waals surface area contributed by atoms with E-state index in [1.807, 2.05) is 18.4 Å². The summed E-state index contributed by atoms with van der Waals surface area (Å²) in [7, 11) is -3.56. The highest BCUT2D eigenvalue weighted by Crippen LogP contribution is 2.45. The van der Waals surface area contributed by atoms with Gasteiger partial charge in [0.2, 0.25) is 0 Å². The fourth-order valence-electron chi connectivity index (χ4n) is 3.05. The molecule has 0 amide bonds. The van der Waals surface area contributed by atoms with Crippen LogP contribution in [0, 0.1) is 6.92 Å². The van der Waals surface area contributed by atoms with E-state index < -0.39 is 20.6 Å².